The smallest absolute Gasteiger partial charge is 0.268 e. The molecule has 5 nitrogen and oxygen atoms in total. The molecule has 3 aromatic rings. The molecule has 0 saturated carbocycles. The second-order valence-electron chi connectivity index (χ2n) is 4.88. The Labute approximate surface area is 142 Å². The van der Waals surface area contributed by atoms with Gasteiger partial charge in [0.1, 0.15) is 17.4 Å². The number of thiazole rings is 1. The molecule has 0 saturated heterocycles. The quantitative estimate of drug-likeness (QED) is 0.580. The maximum absolute atomic E-state index is 12.3. The Bertz CT molecular complexity index is 919. The number of carbonyl (C=O) groups is 1. The molecule has 3 rings (SSSR count). The molecule has 24 heavy (non-hydrogen) atoms. The summed E-state index contributed by atoms with van der Waals surface area (Å²) in [6, 6.07) is 16.6. The van der Waals surface area contributed by atoms with E-state index in [9.17, 15) is 10.1 Å². The summed E-state index contributed by atoms with van der Waals surface area (Å²) < 4.78 is 6.06. The first-order valence-electron chi connectivity index (χ1n) is 7.12. The number of rotatable bonds is 4. The highest BCUT2D eigenvalue weighted by Crippen LogP contribution is 2.25. The maximum atomic E-state index is 12.3. The molecule has 1 heterocycles. The maximum Gasteiger partial charge on any atom is 0.268 e. The fourth-order valence-corrected chi connectivity index (χ4v) is 2.97. The van der Waals surface area contributed by atoms with Crippen LogP contribution in [0.4, 0.5) is 5.13 Å². The van der Waals surface area contributed by atoms with E-state index in [1.807, 2.05) is 30.3 Å². The molecule has 0 aliphatic rings. The molecule has 0 radical (unpaired) electrons. The van der Waals surface area contributed by atoms with E-state index < -0.39 is 5.91 Å². The Balaban J connectivity index is 1.80. The molecule has 6 heteroatoms. The van der Waals surface area contributed by atoms with E-state index in [4.69, 9.17) is 4.74 Å². The van der Waals surface area contributed by atoms with Crippen LogP contribution in [0.3, 0.4) is 0 Å². The molecule has 2 aromatic carbocycles. The zero-order chi connectivity index (χ0) is 16.9. The molecule has 0 aliphatic heterocycles. The van der Waals surface area contributed by atoms with Gasteiger partial charge in [-0.3, -0.25) is 10.1 Å². The fraction of sp³-hybridized carbons (Fsp3) is 0.0556. The summed E-state index contributed by atoms with van der Waals surface area (Å²) in [5.41, 5.74) is 1.57. The third-order valence-electron chi connectivity index (χ3n) is 3.31. The van der Waals surface area contributed by atoms with Crippen molar-refractivity contribution in [2.24, 2.45) is 0 Å². The highest BCUT2D eigenvalue weighted by molar-refractivity contribution is 7.22. The van der Waals surface area contributed by atoms with Crippen LogP contribution in [0, 0.1) is 11.3 Å². The number of hydrogen-bond acceptors (Lipinski definition) is 5. The van der Waals surface area contributed by atoms with E-state index in [1.54, 1.807) is 31.4 Å². The lowest BCUT2D eigenvalue weighted by atomic mass is 10.1. The zero-order valence-electron chi connectivity index (χ0n) is 12.8. The van der Waals surface area contributed by atoms with Crippen LogP contribution in [-0.4, -0.2) is 18.0 Å². The van der Waals surface area contributed by atoms with Gasteiger partial charge in [0.15, 0.2) is 5.13 Å². The van der Waals surface area contributed by atoms with Crippen molar-refractivity contribution in [1.82, 2.24) is 4.98 Å². The molecule has 0 aliphatic carbocycles. The van der Waals surface area contributed by atoms with Gasteiger partial charge in [-0.25, -0.2) is 4.98 Å². The van der Waals surface area contributed by atoms with Gasteiger partial charge in [0.05, 0.1) is 17.3 Å². The van der Waals surface area contributed by atoms with Crippen LogP contribution in [0.25, 0.3) is 16.3 Å². The van der Waals surface area contributed by atoms with E-state index >= 15 is 0 Å². The third kappa shape index (κ3) is 3.42. The summed E-state index contributed by atoms with van der Waals surface area (Å²) in [7, 11) is 1.58. The van der Waals surface area contributed by atoms with Crippen molar-refractivity contribution in [3.63, 3.8) is 0 Å². The van der Waals surface area contributed by atoms with Gasteiger partial charge in [0.25, 0.3) is 5.91 Å². The second kappa shape index (κ2) is 6.94. The first-order valence-corrected chi connectivity index (χ1v) is 7.94. The Morgan fingerprint density at radius 2 is 2.00 bits per heavy atom. The monoisotopic (exact) mass is 335 g/mol. The summed E-state index contributed by atoms with van der Waals surface area (Å²) in [4.78, 5) is 16.6. The third-order valence-corrected chi connectivity index (χ3v) is 4.26. The molecule has 0 unspecified atom stereocenters. The number of nitrogens with zero attached hydrogens (tertiary/aromatic N) is 2. The fourth-order valence-electron chi connectivity index (χ4n) is 2.11. The average molecular weight is 335 g/mol. The standard InChI is InChI=1S/C18H13N3O2S/c1-23-14-8-6-12(7-9-14)10-13(11-19)17(22)21-18-20-15-4-2-3-5-16(15)24-18/h2-10H,1H3,(H,20,21,22)/b13-10-. The number of amides is 1. The lowest BCUT2D eigenvalue weighted by molar-refractivity contribution is -0.112. The van der Waals surface area contributed by atoms with Crippen molar-refractivity contribution in [3.8, 4) is 11.8 Å². The average Bonchev–Trinajstić information content (AvgIpc) is 3.02. The minimum Gasteiger partial charge on any atom is -0.497 e. The van der Waals surface area contributed by atoms with Gasteiger partial charge in [-0.15, -0.1) is 0 Å². The minimum absolute atomic E-state index is 0.0134. The summed E-state index contributed by atoms with van der Waals surface area (Å²) in [6.45, 7) is 0. The highest BCUT2D eigenvalue weighted by Gasteiger charge is 2.12. The van der Waals surface area contributed by atoms with Crippen molar-refractivity contribution in [2.75, 3.05) is 12.4 Å². The lowest BCUT2D eigenvalue weighted by Crippen LogP contribution is -2.13. The van der Waals surface area contributed by atoms with Crippen LogP contribution in [0.2, 0.25) is 0 Å². The number of para-hydroxylation sites is 1. The van der Waals surface area contributed by atoms with E-state index in [0.29, 0.717) is 10.9 Å². The number of hydrogen-bond donors (Lipinski definition) is 1. The van der Waals surface area contributed by atoms with Gasteiger partial charge < -0.3 is 4.74 Å². The number of methoxy groups -OCH3 is 1. The number of ether oxygens (including phenoxy) is 1. The van der Waals surface area contributed by atoms with E-state index in [-0.39, 0.29) is 5.57 Å². The van der Waals surface area contributed by atoms with Gasteiger partial charge in [-0.1, -0.05) is 35.6 Å². The SMILES string of the molecule is COc1ccc(/C=C(/C#N)C(=O)Nc2nc3ccccc3s2)cc1. The molecule has 0 atom stereocenters. The number of carbonyl (C=O) groups excluding carboxylic acids is 1. The van der Waals surface area contributed by atoms with Crippen molar-refractivity contribution < 1.29 is 9.53 Å². The first-order chi connectivity index (χ1) is 11.7. The Hall–Kier alpha value is -3.17. The molecule has 0 fully saturated rings. The number of aromatic nitrogens is 1. The molecular formula is C18H13N3O2S. The molecule has 0 spiro atoms. The topological polar surface area (TPSA) is 75.0 Å². The molecule has 1 aromatic heterocycles. The van der Waals surface area contributed by atoms with Crippen LogP contribution >= 0.6 is 11.3 Å². The second-order valence-corrected chi connectivity index (χ2v) is 5.91. The van der Waals surface area contributed by atoms with E-state index in [0.717, 1.165) is 15.8 Å². The van der Waals surface area contributed by atoms with Crippen molar-refractivity contribution >= 4 is 38.7 Å². The number of nitriles is 1. The van der Waals surface area contributed by atoms with Gasteiger partial charge in [0.2, 0.25) is 0 Å². The molecule has 1 N–H and O–H groups in total. The number of anilines is 1. The van der Waals surface area contributed by atoms with E-state index in [2.05, 4.69) is 10.3 Å². The van der Waals surface area contributed by atoms with Gasteiger partial charge in [-0.05, 0) is 35.9 Å². The predicted octanol–water partition coefficient (Wildman–Crippen LogP) is 3.85. The van der Waals surface area contributed by atoms with Crippen LogP contribution in [0.15, 0.2) is 54.1 Å². The summed E-state index contributed by atoms with van der Waals surface area (Å²) in [5.74, 6) is 0.233. The van der Waals surface area contributed by atoms with Crippen molar-refractivity contribution in [1.29, 1.82) is 5.26 Å². The van der Waals surface area contributed by atoms with Crippen molar-refractivity contribution in [3.05, 3.63) is 59.7 Å². The normalized spacial score (nSPS) is 11.1. The largest absolute Gasteiger partial charge is 0.497 e. The van der Waals surface area contributed by atoms with Crippen LogP contribution < -0.4 is 10.1 Å². The molecule has 1 amide bonds. The zero-order valence-corrected chi connectivity index (χ0v) is 13.6. The number of fused-ring (bicyclic) bond motifs is 1. The Morgan fingerprint density at radius 3 is 2.67 bits per heavy atom. The Morgan fingerprint density at radius 1 is 1.25 bits per heavy atom. The number of benzene rings is 2. The van der Waals surface area contributed by atoms with Gasteiger partial charge in [0, 0.05) is 0 Å². The summed E-state index contributed by atoms with van der Waals surface area (Å²) >= 11 is 1.37. The van der Waals surface area contributed by atoms with Crippen LogP contribution in [0.1, 0.15) is 5.56 Å². The van der Waals surface area contributed by atoms with Gasteiger partial charge >= 0.3 is 0 Å². The van der Waals surface area contributed by atoms with E-state index in [1.165, 1.54) is 17.4 Å². The first kappa shape index (κ1) is 15.7. The van der Waals surface area contributed by atoms with Crippen molar-refractivity contribution in [2.45, 2.75) is 0 Å². The summed E-state index contributed by atoms with van der Waals surface area (Å²) in [5, 5.41) is 12.4. The minimum atomic E-state index is -0.479. The molecule has 118 valence electrons. The van der Waals surface area contributed by atoms with Crippen LogP contribution in [-0.2, 0) is 4.79 Å². The Kier molecular flexibility index (Phi) is 4.54. The summed E-state index contributed by atoms with van der Waals surface area (Å²) in [6.07, 6.45) is 1.53. The molecule has 0 bridgehead atoms. The lowest BCUT2D eigenvalue weighted by Gasteiger charge is -2.01. The highest BCUT2D eigenvalue weighted by atomic mass is 32.1. The number of nitrogens with one attached hydrogen (secondary N) is 1. The predicted molar refractivity (Wildman–Crippen MR) is 94.8 cm³/mol. The van der Waals surface area contributed by atoms with Gasteiger partial charge in [-0.2, -0.15) is 5.26 Å². The molecular weight excluding hydrogens is 322 g/mol. The van der Waals surface area contributed by atoms with Crippen LogP contribution in [0.5, 0.6) is 5.75 Å².